The number of hydrogen-bond acceptors (Lipinski definition) is 4. The average molecular weight is 613 g/mol. The van der Waals surface area contributed by atoms with Gasteiger partial charge in [0, 0.05) is 87.0 Å². The maximum Gasteiger partial charge on any atom is 0.0496 e. The Kier molecular flexibility index (Phi) is 5.44. The lowest BCUT2D eigenvalue weighted by atomic mass is 10.1. The molecule has 0 saturated heterocycles. The van der Waals surface area contributed by atoms with Gasteiger partial charge in [-0.25, -0.2) is 0 Å². The Morgan fingerprint density at radius 3 is 1.26 bits per heavy atom. The van der Waals surface area contributed by atoms with E-state index in [2.05, 4.69) is 131 Å². The van der Waals surface area contributed by atoms with E-state index in [9.17, 15) is 0 Å². The van der Waals surface area contributed by atoms with Crippen molar-refractivity contribution in [2.75, 3.05) is 0 Å². The van der Waals surface area contributed by atoms with Crippen LogP contribution in [0.4, 0.5) is 0 Å². The van der Waals surface area contributed by atoms with Crippen LogP contribution in [0.15, 0.2) is 108 Å². The van der Waals surface area contributed by atoms with Crippen molar-refractivity contribution in [1.82, 2.24) is 9.13 Å². The Balaban J connectivity index is 1.20. The quantitative estimate of drug-likeness (QED) is 0.187. The Morgan fingerprint density at radius 2 is 0.833 bits per heavy atom. The van der Waals surface area contributed by atoms with Crippen LogP contribution < -0.4 is 0 Å². The number of rotatable bonds is 4. The molecule has 9 aromatic rings. The molecule has 0 unspecified atom stereocenters. The van der Waals surface area contributed by atoms with E-state index in [1.165, 1.54) is 84.0 Å². The van der Waals surface area contributed by atoms with Crippen LogP contribution in [0.25, 0.3) is 84.0 Å². The summed E-state index contributed by atoms with van der Waals surface area (Å²) < 4.78 is 4.71. The number of thiophene rings is 4. The molecule has 3 aromatic carbocycles. The fourth-order valence-electron chi connectivity index (χ4n) is 6.31. The lowest BCUT2D eigenvalue weighted by molar-refractivity contribution is 1.01. The van der Waals surface area contributed by atoms with Crippen LogP contribution in [-0.2, 0) is 14.1 Å². The molecule has 0 fully saturated rings. The third-order valence-electron chi connectivity index (χ3n) is 8.44. The van der Waals surface area contributed by atoms with Gasteiger partial charge in [-0.2, -0.15) is 0 Å². The molecule has 6 aromatic heterocycles. The van der Waals surface area contributed by atoms with Gasteiger partial charge in [0.15, 0.2) is 0 Å². The van der Waals surface area contributed by atoms with Gasteiger partial charge in [0.05, 0.1) is 0 Å². The summed E-state index contributed by atoms with van der Waals surface area (Å²) in [6.07, 6.45) is 0. The molecule has 42 heavy (non-hydrogen) atoms. The largest absolute Gasteiger partial charge is 0.344 e. The van der Waals surface area contributed by atoms with Crippen LogP contribution in [0.3, 0.4) is 0 Å². The maximum atomic E-state index is 2.40. The molecule has 0 aliphatic carbocycles. The molecule has 0 amide bonds. The van der Waals surface area contributed by atoms with E-state index >= 15 is 0 Å². The molecule has 0 aliphatic heterocycles. The van der Waals surface area contributed by atoms with Crippen LogP contribution in [0, 0.1) is 0 Å². The lowest BCUT2D eigenvalue weighted by Crippen LogP contribution is -1.87. The van der Waals surface area contributed by atoms with Crippen LogP contribution in [0.2, 0.25) is 0 Å². The minimum atomic E-state index is 1.27. The highest BCUT2D eigenvalue weighted by molar-refractivity contribution is 7.23. The summed E-state index contributed by atoms with van der Waals surface area (Å²) in [5, 5.41) is 9.53. The van der Waals surface area contributed by atoms with E-state index in [1.54, 1.807) is 22.7 Å². The van der Waals surface area contributed by atoms with E-state index in [0.29, 0.717) is 0 Å². The number of fused-ring (bicyclic) bond motifs is 6. The summed E-state index contributed by atoms with van der Waals surface area (Å²) in [6, 6.07) is 36.4. The number of aromatic nitrogens is 2. The molecule has 9 rings (SSSR count). The zero-order valence-corrected chi connectivity index (χ0v) is 26.2. The lowest BCUT2D eigenvalue weighted by Gasteiger charge is -2.01. The van der Waals surface area contributed by atoms with E-state index in [1.807, 2.05) is 22.7 Å². The van der Waals surface area contributed by atoms with Gasteiger partial charge < -0.3 is 9.13 Å². The number of benzene rings is 3. The Hall–Kier alpha value is -3.94. The number of nitrogens with zero attached hydrogens (tertiary/aromatic N) is 2. The molecule has 0 saturated carbocycles. The van der Waals surface area contributed by atoms with Crippen molar-refractivity contribution in [3.8, 4) is 40.4 Å². The van der Waals surface area contributed by atoms with E-state index in [4.69, 9.17) is 0 Å². The monoisotopic (exact) mass is 612 g/mol. The maximum absolute atomic E-state index is 2.40. The van der Waals surface area contributed by atoms with Gasteiger partial charge in [-0.3, -0.25) is 0 Å². The molecule has 0 aliphatic rings. The fourth-order valence-corrected chi connectivity index (χ4v) is 9.98. The van der Waals surface area contributed by atoms with Gasteiger partial charge in [-0.1, -0.05) is 24.3 Å². The first-order valence-electron chi connectivity index (χ1n) is 13.8. The van der Waals surface area contributed by atoms with Crippen LogP contribution in [-0.4, -0.2) is 9.13 Å². The third-order valence-corrected chi connectivity index (χ3v) is 12.8. The summed E-state index contributed by atoms with van der Waals surface area (Å²) in [7, 11) is 4.40. The standard InChI is InChI=1S/C36H24N2S4/c1-37-27-9-7-21(31-11-13-35(41-31)33-5-3-15-39-33)17-23(27)25-20-30-26(19-29(25)37)24-18-22(8-10-28(24)38(30)2)32-12-14-36(42-32)34-6-4-16-40-34/h3-20H,1-2H3. The SMILES string of the molecule is Cn1c2ccc(-c3ccc(-c4cccs4)s3)cc2c2cc3c(cc21)c1cc(-c2ccc(-c4cccs4)s2)ccc1n3C. The molecular weight excluding hydrogens is 589 g/mol. The highest BCUT2D eigenvalue weighted by atomic mass is 32.1. The molecule has 0 atom stereocenters. The Labute approximate surface area is 259 Å². The second kappa shape index (κ2) is 9.28. The van der Waals surface area contributed by atoms with Crippen LogP contribution >= 0.6 is 45.3 Å². The predicted molar refractivity (Wildman–Crippen MR) is 188 cm³/mol. The zero-order valence-electron chi connectivity index (χ0n) is 22.9. The molecular formula is C36H24N2S4. The van der Waals surface area contributed by atoms with Crippen molar-refractivity contribution in [2.24, 2.45) is 14.1 Å². The average Bonchev–Trinajstić information content (AvgIpc) is 3.85. The highest BCUT2D eigenvalue weighted by Crippen LogP contribution is 2.42. The first-order chi connectivity index (χ1) is 20.6. The van der Waals surface area contributed by atoms with Gasteiger partial charge in [0.2, 0.25) is 0 Å². The molecule has 6 heteroatoms. The number of aryl methyl sites for hydroxylation is 2. The molecule has 0 N–H and O–H groups in total. The highest BCUT2D eigenvalue weighted by Gasteiger charge is 2.17. The smallest absolute Gasteiger partial charge is 0.0496 e. The molecule has 0 spiro atoms. The topological polar surface area (TPSA) is 9.86 Å². The normalized spacial score (nSPS) is 12.0. The first-order valence-corrected chi connectivity index (χ1v) is 17.2. The first kappa shape index (κ1) is 24.6. The van der Waals surface area contributed by atoms with Crippen molar-refractivity contribution < 1.29 is 0 Å². The Bertz CT molecular complexity index is 2250. The minimum Gasteiger partial charge on any atom is -0.344 e. The van der Waals surface area contributed by atoms with Gasteiger partial charge >= 0.3 is 0 Å². The predicted octanol–water partition coefficient (Wildman–Crippen LogP) is 11.9. The third kappa shape index (κ3) is 3.66. The van der Waals surface area contributed by atoms with Gasteiger partial charge in [-0.15, -0.1) is 45.3 Å². The molecule has 0 bridgehead atoms. The molecule has 2 nitrogen and oxygen atoms in total. The molecule has 202 valence electrons. The van der Waals surface area contributed by atoms with Crippen molar-refractivity contribution in [3.63, 3.8) is 0 Å². The van der Waals surface area contributed by atoms with Crippen molar-refractivity contribution in [2.45, 2.75) is 0 Å². The van der Waals surface area contributed by atoms with Gasteiger partial charge in [0.1, 0.15) is 0 Å². The van der Waals surface area contributed by atoms with Crippen LogP contribution in [0.1, 0.15) is 0 Å². The van der Waals surface area contributed by atoms with Gasteiger partial charge in [-0.05, 0) is 94.7 Å². The number of hydrogen-bond donors (Lipinski definition) is 0. The summed E-state index contributed by atoms with van der Waals surface area (Å²) in [5.41, 5.74) is 7.64. The fraction of sp³-hybridized carbons (Fsp3) is 0.0556. The van der Waals surface area contributed by atoms with Crippen molar-refractivity contribution in [3.05, 3.63) is 108 Å². The Morgan fingerprint density at radius 1 is 0.405 bits per heavy atom. The summed E-state index contributed by atoms with van der Waals surface area (Å²) in [6.45, 7) is 0. The van der Waals surface area contributed by atoms with Crippen molar-refractivity contribution in [1.29, 1.82) is 0 Å². The van der Waals surface area contributed by atoms with E-state index in [0.717, 1.165) is 0 Å². The summed E-state index contributed by atoms with van der Waals surface area (Å²) in [5.74, 6) is 0. The second-order valence-corrected chi connectivity index (χ2v) is 14.8. The molecule has 0 radical (unpaired) electrons. The van der Waals surface area contributed by atoms with Gasteiger partial charge in [0.25, 0.3) is 0 Å². The summed E-state index contributed by atoms with van der Waals surface area (Å²) in [4.78, 5) is 7.96. The van der Waals surface area contributed by atoms with Crippen LogP contribution in [0.5, 0.6) is 0 Å². The molecule has 6 heterocycles. The van der Waals surface area contributed by atoms with Crippen molar-refractivity contribution >= 4 is 89.0 Å². The second-order valence-electron chi connectivity index (χ2n) is 10.8. The van der Waals surface area contributed by atoms with E-state index in [-0.39, 0.29) is 0 Å². The zero-order chi connectivity index (χ0) is 27.9. The van der Waals surface area contributed by atoms with E-state index < -0.39 is 0 Å². The summed E-state index contributed by atoms with van der Waals surface area (Å²) >= 11 is 7.35. The minimum absolute atomic E-state index is 1.27.